The molecule has 1 aliphatic carbocycles. The maximum Gasteiger partial charge on any atom is 0.229 e. The van der Waals surface area contributed by atoms with E-state index in [0.717, 1.165) is 49.5 Å². The van der Waals surface area contributed by atoms with Crippen molar-refractivity contribution in [3.05, 3.63) is 29.2 Å². The van der Waals surface area contributed by atoms with Gasteiger partial charge in [-0.2, -0.15) is 10.1 Å². The number of carbonyl (C=O) groups is 1. The molecule has 1 saturated carbocycles. The molecule has 0 spiro atoms. The number of nitrogens with zero attached hydrogens (tertiary/aromatic N) is 5. The fourth-order valence-corrected chi connectivity index (χ4v) is 3.46. The lowest BCUT2D eigenvalue weighted by molar-refractivity contribution is -0.132. The van der Waals surface area contributed by atoms with Crippen LogP contribution in [0.1, 0.15) is 67.2 Å². The van der Waals surface area contributed by atoms with Gasteiger partial charge in [0.1, 0.15) is 0 Å². The van der Waals surface area contributed by atoms with Gasteiger partial charge in [0, 0.05) is 31.1 Å². The second-order valence-corrected chi connectivity index (χ2v) is 6.91. The number of hydrogen-bond donors (Lipinski definition) is 0. The van der Waals surface area contributed by atoms with Crippen molar-refractivity contribution < 1.29 is 9.32 Å². The monoisotopic (exact) mass is 329 g/mol. The van der Waals surface area contributed by atoms with E-state index in [4.69, 9.17) is 4.52 Å². The van der Waals surface area contributed by atoms with Crippen molar-refractivity contribution in [1.82, 2.24) is 24.8 Å². The molecule has 7 nitrogen and oxygen atoms in total. The molecule has 1 aliphatic heterocycles. The highest BCUT2D eigenvalue weighted by Gasteiger charge is 2.35. The van der Waals surface area contributed by atoms with E-state index in [-0.39, 0.29) is 11.9 Å². The molecule has 1 saturated heterocycles. The fraction of sp³-hybridized carbons (Fsp3) is 0.647. The van der Waals surface area contributed by atoms with Crippen LogP contribution in [-0.4, -0.2) is 37.3 Å². The van der Waals surface area contributed by atoms with Gasteiger partial charge in [0.15, 0.2) is 5.82 Å². The molecule has 2 aromatic rings. The largest absolute Gasteiger partial charge is 0.339 e. The molecule has 0 unspecified atom stereocenters. The molecule has 128 valence electrons. The van der Waals surface area contributed by atoms with Crippen LogP contribution in [0.3, 0.4) is 0 Å². The predicted octanol–water partition coefficient (Wildman–Crippen LogP) is 2.51. The third kappa shape index (κ3) is 2.95. The Labute approximate surface area is 141 Å². The first kappa shape index (κ1) is 15.4. The molecule has 3 heterocycles. The molecule has 2 aromatic heterocycles. The molecule has 1 atom stereocenters. The van der Waals surface area contributed by atoms with Gasteiger partial charge in [0.25, 0.3) is 0 Å². The van der Waals surface area contributed by atoms with E-state index in [0.29, 0.717) is 24.7 Å². The zero-order valence-corrected chi connectivity index (χ0v) is 14.2. The molecule has 0 radical (unpaired) electrons. The van der Waals surface area contributed by atoms with Crippen molar-refractivity contribution in [2.75, 3.05) is 6.54 Å². The first-order valence-corrected chi connectivity index (χ1v) is 8.76. The minimum Gasteiger partial charge on any atom is -0.339 e. The quantitative estimate of drug-likeness (QED) is 0.842. The zero-order valence-electron chi connectivity index (χ0n) is 14.2. The second-order valence-electron chi connectivity index (χ2n) is 6.91. The van der Waals surface area contributed by atoms with Gasteiger partial charge in [0.2, 0.25) is 11.8 Å². The van der Waals surface area contributed by atoms with Gasteiger partial charge < -0.3 is 9.42 Å². The Balaban J connectivity index is 1.41. The minimum atomic E-state index is -0.0331. The average Bonchev–Trinajstić information content (AvgIpc) is 2.98. The van der Waals surface area contributed by atoms with Crippen molar-refractivity contribution in [3.8, 4) is 0 Å². The topological polar surface area (TPSA) is 77.0 Å². The maximum atomic E-state index is 12.7. The molecule has 4 rings (SSSR count). The highest BCUT2D eigenvalue weighted by molar-refractivity contribution is 5.76. The van der Waals surface area contributed by atoms with Crippen LogP contribution in [0, 0.1) is 13.8 Å². The Kier molecular flexibility index (Phi) is 3.86. The van der Waals surface area contributed by atoms with Crippen molar-refractivity contribution in [3.63, 3.8) is 0 Å². The summed E-state index contributed by atoms with van der Waals surface area (Å²) in [4.78, 5) is 19.1. The molecule has 7 heteroatoms. The van der Waals surface area contributed by atoms with Crippen LogP contribution in [-0.2, 0) is 11.3 Å². The second kappa shape index (κ2) is 6.03. The highest BCUT2D eigenvalue weighted by Crippen LogP contribution is 2.40. The third-order valence-electron chi connectivity index (χ3n) is 4.90. The number of hydrogen-bond acceptors (Lipinski definition) is 5. The van der Waals surface area contributed by atoms with Crippen molar-refractivity contribution >= 4 is 5.91 Å². The number of aromatic nitrogens is 4. The first-order chi connectivity index (χ1) is 11.6. The maximum absolute atomic E-state index is 12.7. The standard InChI is InChI=1S/C17H23N5O2/c1-11-10-12(2)22(19-11)9-7-15(23)21-8-3-4-14(21)16-18-17(24-20-16)13-5-6-13/h10,13-14H,3-9H2,1-2H3/t14-/m0/s1. The molecule has 2 aliphatic rings. The Bertz CT molecular complexity index is 746. The van der Waals surface area contributed by atoms with E-state index in [1.165, 1.54) is 0 Å². The summed E-state index contributed by atoms with van der Waals surface area (Å²) >= 11 is 0. The number of likely N-dealkylation sites (tertiary alicyclic amines) is 1. The molecular weight excluding hydrogens is 306 g/mol. The summed E-state index contributed by atoms with van der Waals surface area (Å²) in [5.41, 5.74) is 2.07. The molecule has 0 bridgehead atoms. The molecular formula is C17H23N5O2. The van der Waals surface area contributed by atoms with Crippen LogP contribution in [0.4, 0.5) is 0 Å². The van der Waals surface area contributed by atoms with Crippen LogP contribution in [0.2, 0.25) is 0 Å². The molecule has 24 heavy (non-hydrogen) atoms. The van der Waals surface area contributed by atoms with E-state index in [1.807, 2.05) is 29.5 Å². The predicted molar refractivity (Wildman–Crippen MR) is 86.3 cm³/mol. The van der Waals surface area contributed by atoms with Crippen LogP contribution in [0.25, 0.3) is 0 Å². The Hall–Kier alpha value is -2.18. The Morgan fingerprint density at radius 1 is 1.33 bits per heavy atom. The van der Waals surface area contributed by atoms with Crippen molar-refractivity contribution in [2.45, 2.75) is 64.5 Å². The Morgan fingerprint density at radius 3 is 2.88 bits per heavy atom. The highest BCUT2D eigenvalue weighted by atomic mass is 16.5. The lowest BCUT2D eigenvalue weighted by atomic mass is 10.2. The van der Waals surface area contributed by atoms with Crippen LogP contribution >= 0.6 is 0 Å². The van der Waals surface area contributed by atoms with E-state index in [1.54, 1.807) is 0 Å². The molecule has 0 aromatic carbocycles. The van der Waals surface area contributed by atoms with Gasteiger partial charge in [-0.25, -0.2) is 0 Å². The summed E-state index contributed by atoms with van der Waals surface area (Å²) in [5.74, 6) is 2.01. The molecule has 0 N–H and O–H groups in total. The normalized spacial score (nSPS) is 20.8. The van der Waals surface area contributed by atoms with Gasteiger partial charge in [-0.15, -0.1) is 0 Å². The smallest absolute Gasteiger partial charge is 0.229 e. The van der Waals surface area contributed by atoms with Crippen molar-refractivity contribution in [2.24, 2.45) is 0 Å². The minimum absolute atomic E-state index is 0.0331. The summed E-state index contributed by atoms with van der Waals surface area (Å²) in [6, 6.07) is 2.00. The average molecular weight is 329 g/mol. The Morgan fingerprint density at radius 2 is 2.17 bits per heavy atom. The number of carbonyl (C=O) groups excluding carboxylic acids is 1. The van der Waals surface area contributed by atoms with E-state index >= 15 is 0 Å². The van der Waals surface area contributed by atoms with Gasteiger partial charge in [-0.1, -0.05) is 5.16 Å². The number of amides is 1. The SMILES string of the molecule is Cc1cc(C)n(CCC(=O)N2CCC[C@H]2c2noc(C3CC3)n2)n1. The molecule has 1 amide bonds. The summed E-state index contributed by atoms with van der Waals surface area (Å²) in [5, 5.41) is 8.55. The van der Waals surface area contributed by atoms with Crippen LogP contribution in [0.5, 0.6) is 0 Å². The van der Waals surface area contributed by atoms with Crippen LogP contribution in [0.15, 0.2) is 10.6 Å². The number of aryl methyl sites for hydroxylation is 3. The van der Waals surface area contributed by atoms with E-state index < -0.39 is 0 Å². The van der Waals surface area contributed by atoms with Gasteiger partial charge in [0.05, 0.1) is 11.7 Å². The lowest BCUT2D eigenvalue weighted by Gasteiger charge is -2.22. The van der Waals surface area contributed by atoms with Gasteiger partial charge >= 0.3 is 0 Å². The summed E-state index contributed by atoms with van der Waals surface area (Å²) < 4.78 is 7.26. The summed E-state index contributed by atoms with van der Waals surface area (Å²) in [6.07, 6.45) is 4.62. The van der Waals surface area contributed by atoms with E-state index in [9.17, 15) is 4.79 Å². The molecule has 2 fully saturated rings. The van der Waals surface area contributed by atoms with Crippen LogP contribution < -0.4 is 0 Å². The number of rotatable bonds is 5. The lowest BCUT2D eigenvalue weighted by Crippen LogP contribution is -2.31. The summed E-state index contributed by atoms with van der Waals surface area (Å²) in [6.45, 7) is 5.37. The van der Waals surface area contributed by atoms with Gasteiger partial charge in [-0.3, -0.25) is 9.48 Å². The van der Waals surface area contributed by atoms with E-state index in [2.05, 4.69) is 15.2 Å². The zero-order chi connectivity index (χ0) is 16.7. The fourth-order valence-electron chi connectivity index (χ4n) is 3.46. The van der Waals surface area contributed by atoms with Crippen molar-refractivity contribution in [1.29, 1.82) is 0 Å². The third-order valence-corrected chi connectivity index (χ3v) is 4.90. The van der Waals surface area contributed by atoms with Gasteiger partial charge in [-0.05, 0) is 45.6 Å². The first-order valence-electron chi connectivity index (χ1n) is 8.76. The summed E-state index contributed by atoms with van der Waals surface area (Å²) in [7, 11) is 0.